The molecule has 1 heterocycles. The summed E-state index contributed by atoms with van der Waals surface area (Å²) >= 11 is 3.10. The Kier molecular flexibility index (Phi) is 3.31. The Labute approximate surface area is 99.8 Å². The van der Waals surface area contributed by atoms with Crippen LogP contribution in [0.3, 0.4) is 0 Å². The van der Waals surface area contributed by atoms with Crippen LogP contribution in [0.25, 0.3) is 11.4 Å². The second-order valence-corrected chi connectivity index (χ2v) is 4.03. The number of hydrogen-bond donors (Lipinski definition) is 1. The molecule has 0 fully saturated rings. The summed E-state index contributed by atoms with van der Waals surface area (Å²) in [6, 6.07) is 4.54. The number of hydrogen-bond acceptors (Lipinski definition) is 4. The molecule has 16 heavy (non-hydrogen) atoms. The summed E-state index contributed by atoms with van der Waals surface area (Å²) in [6.45, 7) is 0.453. The molecule has 0 atom stereocenters. The molecule has 2 N–H and O–H groups in total. The van der Waals surface area contributed by atoms with E-state index in [1.807, 2.05) is 0 Å². The van der Waals surface area contributed by atoms with Crippen LogP contribution in [-0.2, 0) is 6.42 Å². The van der Waals surface area contributed by atoms with Crippen LogP contribution in [0.15, 0.2) is 27.2 Å². The minimum absolute atomic E-state index is 0.325. The van der Waals surface area contributed by atoms with Gasteiger partial charge in [-0.3, -0.25) is 0 Å². The van der Waals surface area contributed by atoms with Gasteiger partial charge in [-0.1, -0.05) is 5.16 Å². The number of nitrogens with two attached hydrogens (primary N) is 1. The topological polar surface area (TPSA) is 64.9 Å². The average Bonchev–Trinajstić information content (AvgIpc) is 2.71. The lowest BCUT2D eigenvalue weighted by Gasteiger charge is -1.96. The fourth-order valence-electron chi connectivity index (χ4n) is 1.23. The average molecular weight is 286 g/mol. The summed E-state index contributed by atoms with van der Waals surface area (Å²) in [5.41, 5.74) is 6.06. The molecular formula is C10H9BrFN3O. The molecule has 0 saturated heterocycles. The van der Waals surface area contributed by atoms with Gasteiger partial charge in [0.25, 0.3) is 0 Å². The summed E-state index contributed by atoms with van der Waals surface area (Å²) < 4.78 is 18.4. The van der Waals surface area contributed by atoms with E-state index >= 15 is 0 Å². The third-order valence-electron chi connectivity index (χ3n) is 2.00. The molecule has 2 rings (SSSR count). The molecule has 4 nitrogen and oxygen atoms in total. The van der Waals surface area contributed by atoms with Gasteiger partial charge in [-0.15, -0.1) is 0 Å². The van der Waals surface area contributed by atoms with Crippen molar-refractivity contribution in [2.45, 2.75) is 6.42 Å². The van der Waals surface area contributed by atoms with E-state index < -0.39 is 0 Å². The molecule has 6 heteroatoms. The van der Waals surface area contributed by atoms with Gasteiger partial charge >= 0.3 is 0 Å². The van der Waals surface area contributed by atoms with Crippen molar-refractivity contribution in [2.24, 2.45) is 5.73 Å². The van der Waals surface area contributed by atoms with E-state index in [4.69, 9.17) is 10.3 Å². The zero-order valence-electron chi connectivity index (χ0n) is 8.28. The van der Waals surface area contributed by atoms with Crippen LogP contribution >= 0.6 is 15.9 Å². The van der Waals surface area contributed by atoms with E-state index in [1.165, 1.54) is 6.07 Å². The lowest BCUT2D eigenvalue weighted by molar-refractivity contribution is 0.380. The lowest BCUT2D eigenvalue weighted by atomic mass is 10.2. The normalized spacial score (nSPS) is 10.7. The Morgan fingerprint density at radius 2 is 2.25 bits per heavy atom. The second-order valence-electron chi connectivity index (χ2n) is 3.18. The van der Waals surface area contributed by atoms with Crippen molar-refractivity contribution in [3.05, 3.63) is 34.4 Å². The maximum atomic E-state index is 13.0. The smallest absolute Gasteiger partial charge is 0.228 e. The third-order valence-corrected chi connectivity index (χ3v) is 2.61. The maximum absolute atomic E-state index is 13.0. The van der Waals surface area contributed by atoms with Crippen LogP contribution in [0.5, 0.6) is 0 Å². The van der Waals surface area contributed by atoms with Crippen LogP contribution in [0.2, 0.25) is 0 Å². The van der Waals surface area contributed by atoms with E-state index in [-0.39, 0.29) is 5.82 Å². The first-order chi connectivity index (χ1) is 7.70. The van der Waals surface area contributed by atoms with Gasteiger partial charge < -0.3 is 10.3 Å². The van der Waals surface area contributed by atoms with Gasteiger partial charge in [0.05, 0.1) is 4.47 Å². The Bertz CT molecular complexity index is 501. The highest BCUT2D eigenvalue weighted by Gasteiger charge is 2.09. The van der Waals surface area contributed by atoms with Crippen molar-refractivity contribution in [2.75, 3.05) is 6.54 Å². The molecule has 0 amide bonds. The molecule has 0 aliphatic rings. The van der Waals surface area contributed by atoms with Gasteiger partial charge in [0.1, 0.15) is 5.82 Å². The maximum Gasteiger partial charge on any atom is 0.228 e. The van der Waals surface area contributed by atoms with Crippen molar-refractivity contribution >= 4 is 15.9 Å². The van der Waals surface area contributed by atoms with E-state index in [1.54, 1.807) is 12.1 Å². The zero-order chi connectivity index (χ0) is 11.5. The Morgan fingerprint density at radius 3 is 2.94 bits per heavy atom. The van der Waals surface area contributed by atoms with Gasteiger partial charge in [0.15, 0.2) is 0 Å². The predicted octanol–water partition coefficient (Wildman–Crippen LogP) is 2.14. The highest BCUT2D eigenvalue weighted by molar-refractivity contribution is 9.10. The van der Waals surface area contributed by atoms with E-state index in [2.05, 4.69) is 26.1 Å². The molecule has 0 spiro atoms. The molecule has 84 valence electrons. The SMILES string of the molecule is NCCc1nc(-c2ccc(F)c(Br)c2)no1. The van der Waals surface area contributed by atoms with Crippen LogP contribution in [-0.4, -0.2) is 16.7 Å². The molecule has 1 aromatic carbocycles. The predicted molar refractivity (Wildman–Crippen MR) is 60.2 cm³/mol. The quantitative estimate of drug-likeness (QED) is 0.938. The van der Waals surface area contributed by atoms with Crippen LogP contribution in [0.4, 0.5) is 4.39 Å². The molecule has 1 aromatic heterocycles. The third kappa shape index (κ3) is 2.28. The summed E-state index contributed by atoms with van der Waals surface area (Å²) in [7, 11) is 0. The highest BCUT2D eigenvalue weighted by atomic mass is 79.9. The lowest BCUT2D eigenvalue weighted by Crippen LogP contribution is -2.02. The van der Waals surface area contributed by atoms with Crippen molar-refractivity contribution in [1.29, 1.82) is 0 Å². The highest BCUT2D eigenvalue weighted by Crippen LogP contribution is 2.23. The first-order valence-corrected chi connectivity index (χ1v) is 5.48. The molecule has 0 bridgehead atoms. The fourth-order valence-corrected chi connectivity index (χ4v) is 1.61. The molecule has 0 aliphatic carbocycles. The summed E-state index contributed by atoms with van der Waals surface area (Å²) in [4.78, 5) is 4.14. The number of nitrogens with zero attached hydrogens (tertiary/aromatic N) is 2. The van der Waals surface area contributed by atoms with Crippen molar-refractivity contribution in [1.82, 2.24) is 10.1 Å². The molecule has 0 saturated carbocycles. The number of aromatic nitrogens is 2. The molecule has 0 unspecified atom stereocenters. The summed E-state index contributed by atoms with van der Waals surface area (Å²) in [5.74, 6) is 0.594. The Hall–Kier alpha value is -1.27. The number of benzene rings is 1. The molecule has 0 aliphatic heterocycles. The summed E-state index contributed by atoms with van der Waals surface area (Å²) in [6.07, 6.45) is 0.537. The van der Waals surface area contributed by atoms with Crippen LogP contribution in [0, 0.1) is 5.82 Å². The number of rotatable bonds is 3. The van der Waals surface area contributed by atoms with Gasteiger partial charge in [-0.05, 0) is 34.1 Å². The standard InChI is InChI=1S/C10H9BrFN3O/c11-7-5-6(1-2-8(7)12)10-14-9(3-4-13)16-15-10/h1-2,5H,3-4,13H2. The van der Waals surface area contributed by atoms with Gasteiger partial charge in [-0.2, -0.15) is 4.98 Å². The van der Waals surface area contributed by atoms with Crippen molar-refractivity contribution in [3.8, 4) is 11.4 Å². The van der Waals surface area contributed by atoms with E-state index in [0.717, 1.165) is 0 Å². The molecule has 2 aromatic rings. The van der Waals surface area contributed by atoms with Crippen molar-refractivity contribution in [3.63, 3.8) is 0 Å². The summed E-state index contributed by atoms with van der Waals surface area (Å²) in [5, 5.41) is 3.79. The molecule has 0 radical (unpaired) electrons. The van der Waals surface area contributed by atoms with Gasteiger partial charge in [-0.25, -0.2) is 4.39 Å². The van der Waals surface area contributed by atoms with Gasteiger partial charge in [0, 0.05) is 18.5 Å². The zero-order valence-corrected chi connectivity index (χ0v) is 9.87. The minimum Gasteiger partial charge on any atom is -0.339 e. The van der Waals surface area contributed by atoms with E-state index in [9.17, 15) is 4.39 Å². The minimum atomic E-state index is -0.325. The largest absolute Gasteiger partial charge is 0.339 e. The first kappa shape index (κ1) is 11.2. The fraction of sp³-hybridized carbons (Fsp3) is 0.200. The Balaban J connectivity index is 2.31. The van der Waals surface area contributed by atoms with Crippen LogP contribution in [0.1, 0.15) is 5.89 Å². The van der Waals surface area contributed by atoms with E-state index in [0.29, 0.717) is 34.7 Å². The second kappa shape index (κ2) is 4.71. The monoisotopic (exact) mass is 285 g/mol. The first-order valence-electron chi connectivity index (χ1n) is 4.69. The number of halogens is 2. The molecular weight excluding hydrogens is 277 g/mol. The Morgan fingerprint density at radius 1 is 1.44 bits per heavy atom. The van der Waals surface area contributed by atoms with Gasteiger partial charge in [0.2, 0.25) is 11.7 Å². The van der Waals surface area contributed by atoms with Crippen molar-refractivity contribution < 1.29 is 8.91 Å². The van der Waals surface area contributed by atoms with Crippen LogP contribution < -0.4 is 5.73 Å².